The van der Waals surface area contributed by atoms with E-state index >= 15 is 0 Å². The molecule has 0 unspecified atom stereocenters. The van der Waals surface area contributed by atoms with E-state index in [-0.39, 0.29) is 0 Å². The first kappa shape index (κ1) is 8.73. The Labute approximate surface area is 88.8 Å². The van der Waals surface area contributed by atoms with Crippen LogP contribution in [-0.4, -0.2) is 18.2 Å². The van der Waals surface area contributed by atoms with E-state index in [0.717, 1.165) is 19.6 Å². The molecular formula is C11H14N4. The molecule has 78 valence electrons. The van der Waals surface area contributed by atoms with Crippen molar-refractivity contribution in [2.45, 2.75) is 12.5 Å². The maximum atomic E-state index is 4.05. The first-order valence-electron chi connectivity index (χ1n) is 5.29. The van der Waals surface area contributed by atoms with E-state index < -0.39 is 0 Å². The van der Waals surface area contributed by atoms with E-state index in [2.05, 4.69) is 33.1 Å². The molecule has 0 aromatic carbocycles. The summed E-state index contributed by atoms with van der Waals surface area (Å²) in [4.78, 5) is 4.05. The lowest BCUT2D eigenvalue weighted by Crippen LogP contribution is -2.32. The molecule has 0 bridgehead atoms. The Hall–Kier alpha value is -1.55. The molecule has 1 atom stereocenters. The molecule has 4 nitrogen and oxygen atoms in total. The second-order valence-electron chi connectivity index (χ2n) is 3.84. The quantitative estimate of drug-likeness (QED) is 0.620. The first-order valence-corrected chi connectivity index (χ1v) is 5.29. The van der Waals surface area contributed by atoms with Gasteiger partial charge in [-0.25, -0.2) is 0 Å². The summed E-state index contributed by atoms with van der Waals surface area (Å²) >= 11 is 0. The number of nitrogens with zero attached hydrogens (tertiary/aromatic N) is 1. The van der Waals surface area contributed by atoms with Crippen LogP contribution in [0.4, 0.5) is 0 Å². The monoisotopic (exact) mass is 202 g/mol. The number of hydrogen-bond acceptors (Lipinski definition) is 4. The van der Waals surface area contributed by atoms with Gasteiger partial charge in [-0.15, -0.1) is 0 Å². The summed E-state index contributed by atoms with van der Waals surface area (Å²) in [7, 11) is 0. The van der Waals surface area contributed by atoms with Crippen LogP contribution >= 0.6 is 0 Å². The van der Waals surface area contributed by atoms with Gasteiger partial charge in [-0.05, 0) is 17.7 Å². The van der Waals surface area contributed by atoms with Crippen LogP contribution in [0, 0.1) is 0 Å². The fourth-order valence-electron chi connectivity index (χ4n) is 2.23. The molecule has 0 amide bonds. The van der Waals surface area contributed by atoms with E-state index in [1.54, 1.807) is 0 Å². The minimum Gasteiger partial charge on any atom is -0.370 e. The lowest BCUT2D eigenvalue weighted by Gasteiger charge is -2.25. The Balaban J connectivity index is 1.96. The highest BCUT2D eigenvalue weighted by atomic mass is 15.2. The van der Waals surface area contributed by atoms with Crippen molar-refractivity contribution >= 4 is 0 Å². The average Bonchev–Trinajstić information content (AvgIpc) is 2.78. The van der Waals surface area contributed by atoms with Crippen LogP contribution in [0.15, 0.2) is 35.9 Å². The van der Waals surface area contributed by atoms with Gasteiger partial charge in [-0.1, -0.05) is 0 Å². The molecule has 0 spiro atoms. The normalized spacial score (nSPS) is 24.4. The van der Waals surface area contributed by atoms with Gasteiger partial charge in [0.25, 0.3) is 0 Å². The summed E-state index contributed by atoms with van der Waals surface area (Å²) in [5, 5.41) is 10.3. The van der Waals surface area contributed by atoms with Crippen LogP contribution in [0.5, 0.6) is 0 Å². The van der Waals surface area contributed by atoms with Crippen LogP contribution in [0.1, 0.15) is 18.0 Å². The minimum absolute atomic E-state index is 0.298. The Morgan fingerprint density at radius 2 is 2.07 bits per heavy atom. The maximum absolute atomic E-state index is 4.05. The Kier molecular flexibility index (Phi) is 2.07. The van der Waals surface area contributed by atoms with Gasteiger partial charge in [0.15, 0.2) is 0 Å². The summed E-state index contributed by atoms with van der Waals surface area (Å²) in [6.45, 7) is 1.88. The van der Waals surface area contributed by atoms with Gasteiger partial charge in [0.05, 0.1) is 18.4 Å². The van der Waals surface area contributed by atoms with Crippen molar-refractivity contribution in [3.05, 3.63) is 41.5 Å². The zero-order valence-electron chi connectivity index (χ0n) is 8.46. The van der Waals surface area contributed by atoms with Crippen molar-refractivity contribution in [2.75, 3.05) is 13.2 Å². The molecule has 3 rings (SSSR count). The lowest BCUT2D eigenvalue weighted by molar-refractivity contribution is 0.540. The summed E-state index contributed by atoms with van der Waals surface area (Å²) in [5.41, 5.74) is 3.93. The van der Waals surface area contributed by atoms with Crippen molar-refractivity contribution in [1.29, 1.82) is 0 Å². The molecule has 1 aromatic rings. The highest BCUT2D eigenvalue weighted by molar-refractivity contribution is 5.32. The second kappa shape index (κ2) is 3.55. The van der Waals surface area contributed by atoms with E-state index in [4.69, 9.17) is 0 Å². The predicted molar refractivity (Wildman–Crippen MR) is 57.8 cm³/mol. The first-order chi connectivity index (χ1) is 7.45. The third kappa shape index (κ3) is 1.47. The largest absolute Gasteiger partial charge is 0.370 e. The smallest absolute Gasteiger partial charge is 0.0846 e. The van der Waals surface area contributed by atoms with E-state index in [1.165, 1.54) is 17.0 Å². The zero-order chi connectivity index (χ0) is 10.1. The summed E-state index contributed by atoms with van der Waals surface area (Å²) in [5.74, 6) is 0. The van der Waals surface area contributed by atoms with Gasteiger partial charge in [0.1, 0.15) is 0 Å². The van der Waals surface area contributed by atoms with Crippen molar-refractivity contribution in [3.8, 4) is 0 Å². The molecule has 0 fully saturated rings. The van der Waals surface area contributed by atoms with Gasteiger partial charge in [-0.2, -0.15) is 0 Å². The number of nitrogens with one attached hydrogen (secondary N) is 3. The van der Waals surface area contributed by atoms with Gasteiger partial charge < -0.3 is 16.0 Å². The fourth-order valence-corrected chi connectivity index (χ4v) is 2.23. The number of aromatic nitrogens is 1. The number of rotatable bonds is 1. The molecule has 0 radical (unpaired) electrons. The average molecular weight is 202 g/mol. The highest BCUT2D eigenvalue weighted by Gasteiger charge is 2.26. The number of hydrogen-bond donors (Lipinski definition) is 3. The zero-order valence-corrected chi connectivity index (χ0v) is 8.46. The SMILES string of the molecule is c1cc([C@@H]2NCCC3=C2NCN3)ccn1. The topological polar surface area (TPSA) is 49.0 Å². The van der Waals surface area contributed by atoms with E-state index in [9.17, 15) is 0 Å². The molecule has 0 saturated heterocycles. The molecule has 3 heterocycles. The van der Waals surface area contributed by atoms with Crippen molar-refractivity contribution < 1.29 is 0 Å². The molecule has 4 heteroatoms. The van der Waals surface area contributed by atoms with Gasteiger partial charge in [-0.3, -0.25) is 4.98 Å². The Morgan fingerprint density at radius 3 is 2.93 bits per heavy atom. The van der Waals surface area contributed by atoms with Crippen LogP contribution in [-0.2, 0) is 0 Å². The Morgan fingerprint density at radius 1 is 1.20 bits per heavy atom. The summed E-state index contributed by atoms with van der Waals surface area (Å²) in [6.07, 6.45) is 4.77. The number of pyridine rings is 1. The molecule has 2 aliphatic heterocycles. The van der Waals surface area contributed by atoms with Crippen molar-refractivity contribution in [1.82, 2.24) is 20.9 Å². The standard InChI is InChI=1S/C11H14N4/c1-4-12-5-2-8(1)10-11-9(3-6-13-10)14-7-15-11/h1-2,4-5,10,13-15H,3,6-7H2/t10-/m0/s1. The van der Waals surface area contributed by atoms with E-state index in [1.807, 2.05) is 12.4 Å². The summed E-state index contributed by atoms with van der Waals surface area (Å²) in [6, 6.07) is 4.42. The third-order valence-electron chi connectivity index (χ3n) is 2.96. The fraction of sp³-hybridized carbons (Fsp3) is 0.364. The molecule has 1 aromatic heterocycles. The van der Waals surface area contributed by atoms with Crippen molar-refractivity contribution in [2.24, 2.45) is 0 Å². The molecular weight excluding hydrogens is 188 g/mol. The molecule has 2 aliphatic rings. The second-order valence-corrected chi connectivity index (χ2v) is 3.84. The van der Waals surface area contributed by atoms with Gasteiger partial charge in [0.2, 0.25) is 0 Å². The third-order valence-corrected chi connectivity index (χ3v) is 2.96. The van der Waals surface area contributed by atoms with Crippen LogP contribution in [0.25, 0.3) is 0 Å². The van der Waals surface area contributed by atoms with Crippen LogP contribution in [0.3, 0.4) is 0 Å². The molecule has 15 heavy (non-hydrogen) atoms. The highest BCUT2D eigenvalue weighted by Crippen LogP contribution is 2.27. The summed E-state index contributed by atoms with van der Waals surface area (Å²) < 4.78 is 0. The molecule has 0 saturated carbocycles. The maximum Gasteiger partial charge on any atom is 0.0846 e. The molecule has 0 aliphatic carbocycles. The predicted octanol–water partition coefficient (Wildman–Crippen LogP) is 0.478. The minimum atomic E-state index is 0.298. The van der Waals surface area contributed by atoms with Gasteiger partial charge >= 0.3 is 0 Å². The van der Waals surface area contributed by atoms with Crippen molar-refractivity contribution in [3.63, 3.8) is 0 Å². The Bertz CT molecular complexity index is 385. The van der Waals surface area contributed by atoms with Crippen LogP contribution < -0.4 is 16.0 Å². The molecule has 3 N–H and O–H groups in total. The lowest BCUT2D eigenvalue weighted by atomic mass is 10.00. The van der Waals surface area contributed by atoms with Gasteiger partial charge in [0, 0.05) is 31.1 Å². The van der Waals surface area contributed by atoms with E-state index in [0.29, 0.717) is 6.04 Å². The van der Waals surface area contributed by atoms with Crippen LogP contribution in [0.2, 0.25) is 0 Å².